The van der Waals surface area contributed by atoms with Crippen molar-refractivity contribution in [2.75, 3.05) is 26.8 Å². The maximum Gasteiger partial charge on any atom is 0.324 e. The molecule has 0 aromatic heterocycles. The van der Waals surface area contributed by atoms with Gasteiger partial charge in [0.1, 0.15) is 0 Å². The lowest BCUT2D eigenvalue weighted by Gasteiger charge is -2.17. The summed E-state index contributed by atoms with van der Waals surface area (Å²) in [5.41, 5.74) is 0. The number of methoxy groups -OCH3 is 1. The fourth-order valence-electron chi connectivity index (χ4n) is 0.604. The van der Waals surface area contributed by atoms with Crippen LogP contribution < -0.4 is 10.6 Å². The number of alkyl halides is 4. The van der Waals surface area contributed by atoms with Crippen molar-refractivity contribution >= 4 is 17.3 Å². The summed E-state index contributed by atoms with van der Waals surface area (Å²) in [6.45, 7) is -0.529. The summed E-state index contributed by atoms with van der Waals surface area (Å²) in [7, 11) is 1.46. The van der Waals surface area contributed by atoms with Crippen molar-refractivity contribution in [1.29, 1.82) is 0 Å². The molecule has 0 fully saturated rings. The molecule has 0 rings (SSSR count). The molecule has 0 saturated heterocycles. The molecule has 0 aliphatic rings. The first-order valence-corrected chi connectivity index (χ1v) is 4.47. The zero-order valence-electron chi connectivity index (χ0n) is 8.03. The normalized spacial score (nSPS) is 11.6. The highest BCUT2D eigenvalue weighted by Gasteiger charge is 2.40. The lowest BCUT2D eigenvalue weighted by molar-refractivity contribution is -0.122. The van der Waals surface area contributed by atoms with Gasteiger partial charge >= 0.3 is 12.3 Å². The standard InChI is InChI=1S/C7H12F4N2OS/c1-14-3-2-12-6(15)13-4-7(10,11)5(8)9/h5H,2-4H2,1H3,(H2,12,13,15). The Morgan fingerprint density at radius 3 is 2.47 bits per heavy atom. The Hall–Kier alpha value is -0.630. The molecule has 0 bridgehead atoms. The van der Waals surface area contributed by atoms with Crippen LogP contribution in [-0.4, -0.2) is 44.3 Å². The van der Waals surface area contributed by atoms with Crippen molar-refractivity contribution < 1.29 is 22.3 Å². The molecular weight excluding hydrogens is 236 g/mol. The van der Waals surface area contributed by atoms with Gasteiger partial charge in [-0.15, -0.1) is 0 Å². The fourth-order valence-corrected chi connectivity index (χ4v) is 0.779. The first kappa shape index (κ1) is 14.4. The minimum absolute atomic E-state index is 0.104. The smallest absolute Gasteiger partial charge is 0.324 e. The second kappa shape index (κ2) is 6.78. The van der Waals surface area contributed by atoms with Crippen LogP contribution in [0, 0.1) is 0 Å². The second-order valence-corrected chi connectivity index (χ2v) is 3.07. The van der Waals surface area contributed by atoms with Gasteiger partial charge in [0.25, 0.3) is 0 Å². The molecule has 0 heterocycles. The van der Waals surface area contributed by atoms with Gasteiger partial charge in [-0.3, -0.25) is 0 Å². The average Bonchev–Trinajstić information content (AvgIpc) is 2.15. The van der Waals surface area contributed by atoms with Gasteiger partial charge in [-0.25, -0.2) is 8.78 Å². The molecule has 0 aromatic carbocycles. The summed E-state index contributed by atoms with van der Waals surface area (Å²) in [6.07, 6.45) is -3.70. The van der Waals surface area contributed by atoms with E-state index in [9.17, 15) is 17.6 Å². The largest absolute Gasteiger partial charge is 0.383 e. The molecule has 0 aliphatic heterocycles. The van der Waals surface area contributed by atoms with E-state index in [-0.39, 0.29) is 5.11 Å². The third-order valence-electron chi connectivity index (χ3n) is 1.40. The molecule has 0 aromatic rings. The van der Waals surface area contributed by atoms with E-state index < -0.39 is 18.9 Å². The van der Waals surface area contributed by atoms with E-state index in [4.69, 9.17) is 0 Å². The molecule has 2 N–H and O–H groups in total. The molecule has 8 heteroatoms. The van der Waals surface area contributed by atoms with Crippen LogP contribution in [-0.2, 0) is 4.74 Å². The highest BCUT2D eigenvalue weighted by atomic mass is 32.1. The van der Waals surface area contributed by atoms with Crippen molar-refractivity contribution in [1.82, 2.24) is 10.6 Å². The minimum atomic E-state index is -4.08. The Labute approximate surface area is 90.2 Å². The zero-order valence-corrected chi connectivity index (χ0v) is 8.84. The van der Waals surface area contributed by atoms with E-state index >= 15 is 0 Å². The van der Waals surface area contributed by atoms with Gasteiger partial charge in [0.2, 0.25) is 0 Å². The molecule has 0 unspecified atom stereocenters. The Morgan fingerprint density at radius 2 is 2.00 bits per heavy atom. The van der Waals surface area contributed by atoms with Gasteiger partial charge in [-0.2, -0.15) is 8.78 Å². The first-order chi connectivity index (χ1) is 6.90. The van der Waals surface area contributed by atoms with Crippen molar-refractivity contribution in [3.8, 4) is 0 Å². The molecule has 3 nitrogen and oxygen atoms in total. The predicted molar refractivity (Wildman–Crippen MR) is 51.4 cm³/mol. The SMILES string of the molecule is COCCNC(=S)NCC(F)(F)C(F)F. The quantitative estimate of drug-likeness (QED) is 0.417. The van der Waals surface area contributed by atoms with Crippen molar-refractivity contribution in [3.05, 3.63) is 0 Å². The maximum atomic E-state index is 12.4. The highest BCUT2D eigenvalue weighted by Crippen LogP contribution is 2.21. The first-order valence-electron chi connectivity index (χ1n) is 4.06. The second-order valence-electron chi connectivity index (χ2n) is 2.66. The van der Waals surface area contributed by atoms with E-state index in [1.54, 1.807) is 0 Å². The fraction of sp³-hybridized carbons (Fsp3) is 0.857. The van der Waals surface area contributed by atoms with Crippen LogP contribution in [0.4, 0.5) is 17.6 Å². The summed E-state index contributed by atoms with van der Waals surface area (Å²) < 4.78 is 52.8. The number of hydrogen-bond acceptors (Lipinski definition) is 2. The van der Waals surface area contributed by atoms with Crippen LogP contribution in [0.3, 0.4) is 0 Å². The van der Waals surface area contributed by atoms with E-state index in [2.05, 4.69) is 22.3 Å². The van der Waals surface area contributed by atoms with Crippen molar-refractivity contribution in [2.24, 2.45) is 0 Å². The predicted octanol–water partition coefficient (Wildman–Crippen LogP) is 0.997. The Bertz CT molecular complexity index is 203. The lowest BCUT2D eigenvalue weighted by atomic mass is 10.3. The third-order valence-corrected chi connectivity index (χ3v) is 1.68. The number of rotatable bonds is 6. The molecular formula is C7H12F4N2OS. The molecule has 0 aliphatic carbocycles. The molecule has 0 spiro atoms. The van der Waals surface area contributed by atoms with E-state index in [0.717, 1.165) is 0 Å². The van der Waals surface area contributed by atoms with E-state index in [1.165, 1.54) is 7.11 Å². The van der Waals surface area contributed by atoms with Gasteiger partial charge in [0.05, 0.1) is 13.2 Å². The summed E-state index contributed by atoms with van der Waals surface area (Å²) >= 11 is 4.57. The Balaban J connectivity index is 3.71. The van der Waals surface area contributed by atoms with Crippen LogP contribution in [0.1, 0.15) is 0 Å². The zero-order chi connectivity index (χ0) is 11.9. The van der Waals surface area contributed by atoms with E-state index in [1.807, 2.05) is 5.32 Å². The molecule has 0 saturated carbocycles. The van der Waals surface area contributed by atoms with E-state index in [0.29, 0.717) is 13.2 Å². The number of thiocarbonyl (C=S) groups is 1. The summed E-state index contributed by atoms with van der Waals surface area (Å²) in [6, 6.07) is 0. The van der Waals surface area contributed by atoms with Crippen LogP contribution in [0.15, 0.2) is 0 Å². The van der Waals surface area contributed by atoms with Crippen LogP contribution in [0.25, 0.3) is 0 Å². The number of hydrogen-bond donors (Lipinski definition) is 2. The van der Waals surface area contributed by atoms with Crippen LogP contribution >= 0.6 is 12.2 Å². The monoisotopic (exact) mass is 248 g/mol. The van der Waals surface area contributed by atoms with Gasteiger partial charge in [-0.05, 0) is 12.2 Å². The minimum Gasteiger partial charge on any atom is -0.383 e. The number of nitrogens with one attached hydrogen (secondary N) is 2. The van der Waals surface area contributed by atoms with Gasteiger partial charge in [0, 0.05) is 13.7 Å². The molecule has 90 valence electrons. The van der Waals surface area contributed by atoms with Crippen molar-refractivity contribution in [2.45, 2.75) is 12.3 Å². The molecule has 0 radical (unpaired) electrons. The topological polar surface area (TPSA) is 33.3 Å². The number of ether oxygens (including phenoxy) is 1. The maximum absolute atomic E-state index is 12.4. The summed E-state index contributed by atoms with van der Waals surface area (Å²) in [5, 5.41) is 4.41. The summed E-state index contributed by atoms with van der Waals surface area (Å²) in [5.74, 6) is -4.08. The highest BCUT2D eigenvalue weighted by molar-refractivity contribution is 7.80. The van der Waals surface area contributed by atoms with Crippen LogP contribution in [0.5, 0.6) is 0 Å². The Kier molecular flexibility index (Phi) is 6.50. The molecule has 15 heavy (non-hydrogen) atoms. The lowest BCUT2D eigenvalue weighted by Crippen LogP contribution is -2.45. The molecule has 0 atom stereocenters. The number of halogens is 4. The average molecular weight is 248 g/mol. The van der Waals surface area contributed by atoms with Gasteiger partial charge in [-0.1, -0.05) is 0 Å². The summed E-state index contributed by atoms with van der Waals surface area (Å²) in [4.78, 5) is 0. The van der Waals surface area contributed by atoms with Crippen LogP contribution in [0.2, 0.25) is 0 Å². The third kappa shape index (κ3) is 6.45. The van der Waals surface area contributed by atoms with Crippen molar-refractivity contribution in [3.63, 3.8) is 0 Å². The molecule has 0 amide bonds. The van der Waals surface area contributed by atoms with Gasteiger partial charge < -0.3 is 15.4 Å². The van der Waals surface area contributed by atoms with Gasteiger partial charge in [0.15, 0.2) is 5.11 Å². The Morgan fingerprint density at radius 1 is 1.40 bits per heavy atom.